The van der Waals surface area contributed by atoms with Gasteiger partial charge in [-0.05, 0) is 31.3 Å². The monoisotopic (exact) mass is 279 g/mol. The lowest BCUT2D eigenvalue weighted by atomic mass is 10.3. The molecule has 0 fully saturated rings. The van der Waals surface area contributed by atoms with Crippen LogP contribution in [-0.4, -0.2) is 15.0 Å². The molecule has 0 aliphatic heterocycles. The lowest BCUT2D eigenvalue weighted by Gasteiger charge is -1.99. The molecule has 17 heavy (non-hydrogen) atoms. The van der Waals surface area contributed by atoms with Gasteiger partial charge in [0.2, 0.25) is 0 Å². The number of thioether (sulfide) groups is 1. The Morgan fingerprint density at radius 1 is 1.47 bits per heavy atom. The minimum Gasteiger partial charge on any atom is -0.211 e. The third kappa shape index (κ3) is 2.94. The van der Waals surface area contributed by atoms with Crippen LogP contribution in [-0.2, 0) is 0 Å². The molecule has 0 bridgehead atoms. The van der Waals surface area contributed by atoms with E-state index in [1.807, 2.05) is 37.3 Å². The second-order valence-electron chi connectivity index (χ2n) is 3.27. The highest BCUT2D eigenvalue weighted by atomic mass is 32.2. The Hall–Kier alpha value is -1.16. The number of nitriles is 1. The second-order valence-corrected chi connectivity index (χ2v) is 6.48. The molecule has 1 aromatic carbocycles. The normalized spacial score (nSPS) is 12.0. The van der Waals surface area contributed by atoms with E-state index >= 15 is 0 Å². The molecular weight excluding hydrogens is 270 g/mol. The Labute approximate surface area is 113 Å². The van der Waals surface area contributed by atoms with Gasteiger partial charge in [-0.3, -0.25) is 0 Å². The summed E-state index contributed by atoms with van der Waals surface area (Å²) in [6.07, 6.45) is 0. The van der Waals surface area contributed by atoms with Gasteiger partial charge in [0.15, 0.2) is 8.29 Å². The van der Waals surface area contributed by atoms with E-state index in [9.17, 15) is 0 Å². The average Bonchev–Trinajstić information content (AvgIpc) is 2.71. The van der Waals surface area contributed by atoms with Gasteiger partial charge in [0.1, 0.15) is 0 Å². The van der Waals surface area contributed by atoms with E-state index in [4.69, 9.17) is 17.5 Å². The van der Waals surface area contributed by atoms with Crippen molar-refractivity contribution in [3.8, 4) is 11.8 Å². The van der Waals surface area contributed by atoms with Crippen LogP contribution in [0.15, 0.2) is 34.7 Å². The first-order valence-electron chi connectivity index (χ1n) is 4.92. The predicted octanol–water partition coefficient (Wildman–Crippen LogP) is 3.67. The lowest BCUT2D eigenvalue weighted by molar-refractivity contribution is 0.829. The zero-order chi connectivity index (χ0) is 12.3. The zero-order valence-corrected chi connectivity index (χ0v) is 11.5. The Kier molecular flexibility index (Phi) is 3.94. The number of hydrogen-bond donors (Lipinski definition) is 0. The van der Waals surface area contributed by atoms with Crippen LogP contribution in [0, 0.1) is 15.3 Å². The molecule has 1 aromatic heterocycles. The number of para-hydroxylation sites is 1. The second kappa shape index (κ2) is 5.45. The van der Waals surface area contributed by atoms with Gasteiger partial charge in [-0.25, -0.2) is 4.68 Å². The Morgan fingerprint density at radius 3 is 2.82 bits per heavy atom. The summed E-state index contributed by atoms with van der Waals surface area (Å²) in [7, 11) is 0. The van der Waals surface area contributed by atoms with E-state index < -0.39 is 0 Å². The molecular formula is C11H9N3S3. The van der Waals surface area contributed by atoms with Crippen LogP contribution in [0.3, 0.4) is 0 Å². The van der Waals surface area contributed by atoms with Gasteiger partial charge in [-0.15, -0.1) is 5.10 Å². The Bertz CT molecular complexity index is 594. The van der Waals surface area contributed by atoms with Crippen molar-refractivity contribution in [2.24, 2.45) is 0 Å². The van der Waals surface area contributed by atoms with Gasteiger partial charge in [0.25, 0.3) is 0 Å². The molecule has 0 aliphatic rings. The summed E-state index contributed by atoms with van der Waals surface area (Å²) in [5, 5.41) is 13.1. The lowest BCUT2D eigenvalue weighted by Crippen LogP contribution is -1.96. The number of rotatable bonds is 3. The van der Waals surface area contributed by atoms with Gasteiger partial charge in [-0.1, -0.05) is 41.3 Å². The van der Waals surface area contributed by atoms with Gasteiger partial charge in [-0.2, -0.15) is 5.26 Å². The highest BCUT2D eigenvalue weighted by Gasteiger charge is 2.09. The summed E-state index contributed by atoms with van der Waals surface area (Å²) >= 11 is 8.13. The zero-order valence-electron chi connectivity index (χ0n) is 9.03. The van der Waals surface area contributed by atoms with Crippen LogP contribution in [0.1, 0.15) is 6.92 Å². The van der Waals surface area contributed by atoms with Crippen molar-refractivity contribution in [3.63, 3.8) is 0 Å². The maximum Gasteiger partial charge on any atom is 0.184 e. The van der Waals surface area contributed by atoms with Gasteiger partial charge >= 0.3 is 0 Å². The van der Waals surface area contributed by atoms with Crippen LogP contribution >= 0.6 is 35.3 Å². The number of benzene rings is 1. The first-order chi connectivity index (χ1) is 8.20. The fourth-order valence-corrected chi connectivity index (χ4v) is 3.61. The van der Waals surface area contributed by atoms with Gasteiger partial charge in [0.05, 0.1) is 17.0 Å². The summed E-state index contributed by atoms with van der Waals surface area (Å²) in [5.74, 6) is 0. The summed E-state index contributed by atoms with van der Waals surface area (Å²) < 4.78 is 3.25. The van der Waals surface area contributed by atoms with Crippen LogP contribution < -0.4 is 0 Å². The van der Waals surface area contributed by atoms with Crippen molar-refractivity contribution in [1.82, 2.24) is 9.78 Å². The van der Waals surface area contributed by atoms with E-state index in [1.165, 1.54) is 23.1 Å². The Morgan fingerprint density at radius 2 is 2.18 bits per heavy atom. The summed E-state index contributed by atoms with van der Waals surface area (Å²) in [5.41, 5.74) is 0.949. The molecule has 6 heteroatoms. The predicted molar refractivity (Wildman–Crippen MR) is 73.2 cm³/mol. The van der Waals surface area contributed by atoms with Crippen molar-refractivity contribution in [2.75, 3.05) is 0 Å². The summed E-state index contributed by atoms with van der Waals surface area (Å²) in [4.78, 5) is 0. The minimum atomic E-state index is -0.111. The van der Waals surface area contributed by atoms with Crippen molar-refractivity contribution < 1.29 is 0 Å². The van der Waals surface area contributed by atoms with E-state index in [0.29, 0.717) is 3.95 Å². The largest absolute Gasteiger partial charge is 0.211 e. The van der Waals surface area contributed by atoms with Gasteiger partial charge < -0.3 is 0 Å². The number of hydrogen-bond acceptors (Lipinski definition) is 5. The Balaban J connectivity index is 2.33. The number of nitrogens with zero attached hydrogens (tertiary/aromatic N) is 3. The fourth-order valence-electron chi connectivity index (χ4n) is 1.22. The van der Waals surface area contributed by atoms with Crippen LogP contribution in [0.2, 0.25) is 0 Å². The van der Waals surface area contributed by atoms with Crippen molar-refractivity contribution in [1.29, 1.82) is 5.26 Å². The molecule has 86 valence electrons. The van der Waals surface area contributed by atoms with Crippen LogP contribution in [0.5, 0.6) is 0 Å². The molecule has 0 spiro atoms. The molecule has 1 heterocycles. The van der Waals surface area contributed by atoms with E-state index in [2.05, 4.69) is 11.2 Å². The average molecular weight is 279 g/mol. The first-order valence-corrected chi connectivity index (χ1v) is 7.03. The minimum absolute atomic E-state index is 0.111. The SMILES string of the molecule is C[C@@H](C#N)Sc1nn(-c2ccccc2)c(=S)s1. The summed E-state index contributed by atoms with van der Waals surface area (Å²) in [6.45, 7) is 1.85. The molecule has 0 saturated heterocycles. The van der Waals surface area contributed by atoms with Crippen molar-refractivity contribution >= 4 is 35.3 Å². The van der Waals surface area contributed by atoms with E-state index in [-0.39, 0.29) is 5.25 Å². The van der Waals surface area contributed by atoms with Crippen molar-refractivity contribution in [2.45, 2.75) is 16.5 Å². The van der Waals surface area contributed by atoms with Gasteiger partial charge in [0, 0.05) is 0 Å². The van der Waals surface area contributed by atoms with E-state index in [1.54, 1.807) is 4.68 Å². The highest BCUT2D eigenvalue weighted by molar-refractivity contribution is 8.01. The fraction of sp³-hybridized carbons (Fsp3) is 0.182. The topological polar surface area (TPSA) is 41.6 Å². The van der Waals surface area contributed by atoms with Crippen LogP contribution in [0.25, 0.3) is 5.69 Å². The van der Waals surface area contributed by atoms with Crippen LogP contribution in [0.4, 0.5) is 0 Å². The molecule has 0 amide bonds. The molecule has 0 unspecified atom stereocenters. The quantitative estimate of drug-likeness (QED) is 0.635. The standard InChI is InChI=1S/C11H9N3S3/c1-8(7-12)16-10-13-14(11(15)17-10)9-5-3-2-4-6-9/h2-6,8H,1H3/t8-/m0/s1. The smallest absolute Gasteiger partial charge is 0.184 e. The molecule has 0 aliphatic carbocycles. The molecule has 0 saturated carbocycles. The third-order valence-electron chi connectivity index (χ3n) is 1.99. The molecule has 3 nitrogen and oxygen atoms in total. The summed E-state index contributed by atoms with van der Waals surface area (Å²) in [6, 6.07) is 11.9. The molecule has 0 N–H and O–H groups in total. The number of aromatic nitrogens is 2. The first kappa shape index (κ1) is 12.3. The molecule has 0 radical (unpaired) electrons. The molecule has 2 aromatic rings. The van der Waals surface area contributed by atoms with E-state index in [0.717, 1.165) is 10.0 Å². The third-order valence-corrected chi connectivity index (χ3v) is 4.30. The molecule has 1 atom stereocenters. The maximum absolute atomic E-state index is 8.76. The molecule has 2 rings (SSSR count). The highest BCUT2D eigenvalue weighted by Crippen LogP contribution is 2.27. The van der Waals surface area contributed by atoms with Crippen molar-refractivity contribution in [3.05, 3.63) is 34.3 Å². The maximum atomic E-state index is 8.76.